The zero-order valence-electron chi connectivity index (χ0n) is 9.53. The Morgan fingerprint density at radius 1 is 1.21 bits per heavy atom. The molecule has 0 atom stereocenters. The van der Waals surface area contributed by atoms with Gasteiger partial charge in [-0.25, -0.2) is 4.79 Å². The number of hydrogen-bond donors (Lipinski definition) is 0. The van der Waals surface area contributed by atoms with Gasteiger partial charge in [0.1, 0.15) is 5.75 Å². The maximum atomic E-state index is 12.8. The first-order chi connectivity index (χ1) is 8.79. The maximum absolute atomic E-state index is 12.8. The van der Waals surface area contributed by atoms with Crippen molar-refractivity contribution < 1.29 is 36.6 Å². The van der Waals surface area contributed by atoms with Crippen molar-refractivity contribution in [3.8, 4) is 5.75 Å². The van der Waals surface area contributed by atoms with Crippen LogP contribution in [-0.4, -0.2) is 31.4 Å². The second-order valence-corrected chi connectivity index (χ2v) is 3.28. The van der Waals surface area contributed by atoms with Crippen molar-refractivity contribution in [2.75, 3.05) is 7.11 Å². The molecule has 0 saturated carbocycles. The smallest absolute Gasteiger partial charge is 0.461 e. The van der Waals surface area contributed by atoms with Crippen molar-refractivity contribution in [1.82, 2.24) is 0 Å². The first-order valence-corrected chi connectivity index (χ1v) is 4.86. The molecule has 0 spiro atoms. The van der Waals surface area contributed by atoms with Crippen LogP contribution in [0.2, 0.25) is 0 Å². The number of rotatable bonds is 5. The summed E-state index contributed by atoms with van der Waals surface area (Å²) >= 11 is 0. The second-order valence-electron chi connectivity index (χ2n) is 3.28. The van der Waals surface area contributed by atoms with Gasteiger partial charge in [0.25, 0.3) is 5.78 Å². The van der Waals surface area contributed by atoms with Crippen molar-refractivity contribution in [1.29, 1.82) is 0 Å². The molecule has 0 saturated heterocycles. The van der Waals surface area contributed by atoms with Crippen molar-refractivity contribution in [3.05, 3.63) is 29.8 Å². The molecule has 0 radical (unpaired) electrons. The van der Waals surface area contributed by atoms with Crippen LogP contribution in [0.15, 0.2) is 24.3 Å². The number of Topliss-reactive ketones (excluding diaryl/α,β-unsaturated/α-hetero) is 1. The number of hydrogen-bond acceptors (Lipinski definition) is 4. The standard InChI is InChI=1S/C11H8F4O4/c1-18-9(17)8(16)6-4-2-3-5-7(6)19-11(14,15)10(12)13/h2-5,10H,1H3. The fourth-order valence-electron chi connectivity index (χ4n) is 1.14. The Morgan fingerprint density at radius 3 is 2.32 bits per heavy atom. The number of benzene rings is 1. The summed E-state index contributed by atoms with van der Waals surface area (Å²) in [5.41, 5.74) is -0.588. The molecule has 0 N–H and O–H groups in total. The molecule has 0 unspecified atom stereocenters. The first kappa shape index (κ1) is 14.9. The van der Waals surface area contributed by atoms with E-state index in [0.29, 0.717) is 0 Å². The number of ether oxygens (including phenoxy) is 2. The molecule has 0 amide bonds. The highest BCUT2D eigenvalue weighted by Gasteiger charge is 2.44. The molecule has 1 rings (SSSR count). The maximum Gasteiger partial charge on any atom is 0.461 e. The number of methoxy groups -OCH3 is 1. The van der Waals surface area contributed by atoms with E-state index in [1.807, 2.05) is 0 Å². The number of carbonyl (C=O) groups excluding carboxylic acids is 2. The van der Waals surface area contributed by atoms with Gasteiger partial charge >= 0.3 is 18.5 Å². The Balaban J connectivity index is 3.10. The highest BCUT2D eigenvalue weighted by Crippen LogP contribution is 2.30. The number of para-hydroxylation sites is 1. The molecule has 1 aromatic carbocycles. The molecule has 0 aliphatic carbocycles. The molecule has 19 heavy (non-hydrogen) atoms. The highest BCUT2D eigenvalue weighted by molar-refractivity contribution is 6.41. The molecular weight excluding hydrogens is 272 g/mol. The molecule has 0 heterocycles. The summed E-state index contributed by atoms with van der Waals surface area (Å²) in [6.45, 7) is 0. The minimum absolute atomic E-state index is 0.588. The van der Waals surface area contributed by atoms with Gasteiger partial charge in [0.15, 0.2) is 0 Å². The Morgan fingerprint density at radius 2 is 1.79 bits per heavy atom. The molecule has 0 fully saturated rings. The molecular formula is C11H8F4O4. The summed E-state index contributed by atoms with van der Waals surface area (Å²) in [4.78, 5) is 22.5. The van der Waals surface area contributed by atoms with Gasteiger partial charge in [-0.2, -0.15) is 17.6 Å². The van der Waals surface area contributed by atoms with Crippen molar-refractivity contribution in [2.45, 2.75) is 12.5 Å². The average Bonchev–Trinajstić information content (AvgIpc) is 2.37. The van der Waals surface area contributed by atoms with Crippen LogP contribution >= 0.6 is 0 Å². The molecule has 0 aromatic heterocycles. The Hall–Kier alpha value is -2.12. The summed E-state index contributed by atoms with van der Waals surface area (Å²) in [7, 11) is 0.914. The number of halogens is 4. The van der Waals surface area contributed by atoms with Gasteiger partial charge in [0.05, 0.1) is 12.7 Å². The lowest BCUT2D eigenvalue weighted by Gasteiger charge is -2.18. The number of carbonyl (C=O) groups is 2. The summed E-state index contributed by atoms with van der Waals surface area (Å²) in [5, 5.41) is 0. The van der Waals surface area contributed by atoms with Crippen molar-refractivity contribution >= 4 is 11.8 Å². The van der Waals surface area contributed by atoms with Gasteiger partial charge in [0, 0.05) is 0 Å². The third-order valence-electron chi connectivity index (χ3n) is 2.00. The van der Waals surface area contributed by atoms with E-state index in [1.54, 1.807) is 0 Å². The summed E-state index contributed by atoms with van der Waals surface area (Å²) < 4.78 is 57.4. The van der Waals surface area contributed by atoms with Crippen LogP contribution in [0.1, 0.15) is 10.4 Å². The lowest BCUT2D eigenvalue weighted by molar-refractivity contribution is -0.253. The third kappa shape index (κ3) is 3.43. The summed E-state index contributed by atoms with van der Waals surface area (Å²) in [5.74, 6) is -3.43. The summed E-state index contributed by atoms with van der Waals surface area (Å²) in [6, 6.07) is 4.29. The molecule has 8 heteroatoms. The van der Waals surface area contributed by atoms with E-state index in [4.69, 9.17) is 0 Å². The van der Waals surface area contributed by atoms with E-state index in [1.165, 1.54) is 12.1 Å². The minimum atomic E-state index is -4.77. The predicted octanol–water partition coefficient (Wildman–Crippen LogP) is 2.28. The van der Waals surface area contributed by atoms with Crippen LogP contribution in [0.4, 0.5) is 17.6 Å². The quantitative estimate of drug-likeness (QED) is 0.359. The summed E-state index contributed by atoms with van der Waals surface area (Å²) in [6.07, 6.45) is -8.85. The Labute approximate surface area is 104 Å². The van der Waals surface area contributed by atoms with E-state index >= 15 is 0 Å². The lowest BCUT2D eigenvalue weighted by Crippen LogP contribution is -2.34. The molecule has 104 valence electrons. The normalized spacial score (nSPS) is 11.3. The van der Waals surface area contributed by atoms with Crippen LogP contribution in [0.25, 0.3) is 0 Å². The molecule has 0 aliphatic rings. The number of esters is 1. The van der Waals surface area contributed by atoms with Gasteiger partial charge in [-0.1, -0.05) is 12.1 Å². The van der Waals surface area contributed by atoms with E-state index in [0.717, 1.165) is 19.2 Å². The monoisotopic (exact) mass is 280 g/mol. The molecule has 0 bridgehead atoms. The first-order valence-electron chi connectivity index (χ1n) is 4.86. The van der Waals surface area contributed by atoms with Gasteiger partial charge in [0.2, 0.25) is 0 Å². The van der Waals surface area contributed by atoms with Crippen molar-refractivity contribution in [2.24, 2.45) is 0 Å². The second kappa shape index (κ2) is 5.68. The average molecular weight is 280 g/mol. The van der Waals surface area contributed by atoms with Gasteiger partial charge in [-0.05, 0) is 12.1 Å². The fraction of sp³-hybridized carbons (Fsp3) is 0.273. The minimum Gasteiger partial charge on any atom is -0.463 e. The van der Waals surface area contributed by atoms with E-state index in [9.17, 15) is 27.2 Å². The van der Waals surface area contributed by atoms with E-state index in [2.05, 4.69) is 9.47 Å². The lowest BCUT2D eigenvalue weighted by atomic mass is 10.1. The van der Waals surface area contributed by atoms with E-state index < -0.39 is 35.6 Å². The molecule has 1 aromatic rings. The van der Waals surface area contributed by atoms with Crippen LogP contribution in [0.3, 0.4) is 0 Å². The molecule has 0 aliphatic heterocycles. The van der Waals surface area contributed by atoms with Gasteiger partial charge < -0.3 is 9.47 Å². The zero-order chi connectivity index (χ0) is 14.6. The van der Waals surface area contributed by atoms with Crippen LogP contribution in [-0.2, 0) is 9.53 Å². The highest BCUT2D eigenvalue weighted by atomic mass is 19.3. The Kier molecular flexibility index (Phi) is 4.47. The molecule has 4 nitrogen and oxygen atoms in total. The SMILES string of the molecule is COC(=O)C(=O)c1ccccc1OC(F)(F)C(F)F. The van der Waals surface area contributed by atoms with Gasteiger partial charge in [-0.15, -0.1) is 0 Å². The van der Waals surface area contributed by atoms with Crippen LogP contribution < -0.4 is 4.74 Å². The largest absolute Gasteiger partial charge is 0.463 e. The number of alkyl halides is 4. The van der Waals surface area contributed by atoms with Crippen LogP contribution in [0, 0.1) is 0 Å². The zero-order valence-corrected chi connectivity index (χ0v) is 9.53. The van der Waals surface area contributed by atoms with Crippen LogP contribution in [0.5, 0.6) is 5.75 Å². The Bertz CT molecular complexity index is 487. The van der Waals surface area contributed by atoms with Crippen molar-refractivity contribution in [3.63, 3.8) is 0 Å². The topological polar surface area (TPSA) is 52.6 Å². The predicted molar refractivity (Wildman–Crippen MR) is 54.4 cm³/mol. The number of ketones is 1. The van der Waals surface area contributed by atoms with E-state index in [-0.39, 0.29) is 0 Å². The third-order valence-corrected chi connectivity index (χ3v) is 2.00. The fourth-order valence-corrected chi connectivity index (χ4v) is 1.14. The van der Waals surface area contributed by atoms with Gasteiger partial charge in [-0.3, -0.25) is 4.79 Å².